The average molecular weight is 392 g/mol. The number of benzene rings is 2. The number of phenolic OH excluding ortho intramolecular Hbond substituents is 1. The predicted molar refractivity (Wildman–Crippen MR) is 120 cm³/mol. The molecule has 0 aromatic heterocycles. The zero-order chi connectivity index (χ0) is 20.8. The van der Waals surface area contributed by atoms with Crippen LogP contribution in [0.25, 0.3) is 16.8 Å². The maximum atomic E-state index is 10.1. The van der Waals surface area contributed by atoms with Crippen LogP contribution in [0, 0.1) is 0 Å². The van der Waals surface area contributed by atoms with Crippen LogP contribution in [0.1, 0.15) is 38.2 Å². The van der Waals surface area contributed by atoms with E-state index < -0.39 is 7.12 Å². The van der Waals surface area contributed by atoms with Gasteiger partial charge in [0.2, 0.25) is 0 Å². The fraction of sp³-hybridized carbons (Fsp3) is 0.333. The molecule has 4 nitrogen and oxygen atoms in total. The van der Waals surface area contributed by atoms with Crippen LogP contribution in [-0.4, -0.2) is 35.1 Å². The molecule has 3 N–H and O–H groups in total. The van der Waals surface area contributed by atoms with Gasteiger partial charge in [-0.3, -0.25) is 0 Å². The summed E-state index contributed by atoms with van der Waals surface area (Å²) >= 11 is 0. The number of hydrogen-bond acceptors (Lipinski definition) is 4. The van der Waals surface area contributed by atoms with Crippen molar-refractivity contribution in [3.63, 3.8) is 0 Å². The Morgan fingerprint density at radius 1 is 1.21 bits per heavy atom. The smallest absolute Gasteiger partial charge is 0.458 e. The van der Waals surface area contributed by atoms with Crippen LogP contribution >= 0.6 is 0 Å². The second-order valence-electron chi connectivity index (χ2n) is 7.55. The lowest BCUT2D eigenvalue weighted by Crippen LogP contribution is -2.32. The fourth-order valence-corrected chi connectivity index (χ4v) is 3.92. The first-order chi connectivity index (χ1) is 14.0. The van der Waals surface area contributed by atoms with Gasteiger partial charge in [0.15, 0.2) is 0 Å². The Hall–Kier alpha value is -2.34. The van der Waals surface area contributed by atoms with Crippen LogP contribution in [0.5, 0.6) is 5.75 Å². The molecule has 0 aliphatic carbocycles. The highest BCUT2D eigenvalue weighted by Gasteiger charge is 2.28. The third kappa shape index (κ3) is 5.18. The third-order valence-corrected chi connectivity index (χ3v) is 5.40. The van der Waals surface area contributed by atoms with Gasteiger partial charge in [-0.15, -0.1) is 0 Å². The van der Waals surface area contributed by atoms with Gasteiger partial charge in [-0.05, 0) is 47.4 Å². The molecule has 29 heavy (non-hydrogen) atoms. The van der Waals surface area contributed by atoms with E-state index >= 15 is 0 Å². The minimum atomic E-state index is -0.810. The highest BCUT2D eigenvalue weighted by Crippen LogP contribution is 2.31. The van der Waals surface area contributed by atoms with E-state index in [1.807, 2.05) is 36.4 Å². The molecule has 3 rings (SSSR count). The van der Waals surface area contributed by atoms with Crippen LogP contribution in [-0.2, 0) is 4.65 Å². The van der Waals surface area contributed by atoms with Gasteiger partial charge in [0.1, 0.15) is 5.75 Å². The Balaban J connectivity index is 1.84. The number of hydrogen-bond donors (Lipinski definition) is 3. The largest absolute Gasteiger partial charge is 0.507 e. The summed E-state index contributed by atoms with van der Waals surface area (Å²) in [6.07, 6.45) is 7.80. The maximum absolute atomic E-state index is 10.1. The van der Waals surface area contributed by atoms with Crippen LogP contribution in [0.4, 0.5) is 0 Å². The molecule has 2 aromatic rings. The minimum absolute atomic E-state index is 0.112. The second-order valence-corrected chi connectivity index (χ2v) is 7.55. The van der Waals surface area contributed by atoms with E-state index in [2.05, 4.69) is 19.6 Å². The molecule has 1 unspecified atom stereocenters. The second kappa shape index (κ2) is 9.92. The van der Waals surface area contributed by atoms with Crippen molar-refractivity contribution in [1.29, 1.82) is 0 Å². The maximum Gasteiger partial charge on any atom is 0.458 e. The van der Waals surface area contributed by atoms with Crippen molar-refractivity contribution in [3.05, 3.63) is 71.3 Å². The molecule has 1 aliphatic rings. The molecule has 5 heteroatoms. The van der Waals surface area contributed by atoms with Crippen molar-refractivity contribution in [3.8, 4) is 5.75 Å². The summed E-state index contributed by atoms with van der Waals surface area (Å²) < 4.78 is 5.74. The van der Waals surface area contributed by atoms with E-state index in [1.54, 1.807) is 6.07 Å². The molecule has 1 atom stereocenters. The zero-order valence-electron chi connectivity index (χ0n) is 17.0. The Kier molecular flexibility index (Phi) is 7.31. The molecule has 0 spiro atoms. The van der Waals surface area contributed by atoms with E-state index in [4.69, 9.17) is 4.65 Å². The van der Waals surface area contributed by atoms with Gasteiger partial charge in [-0.2, -0.15) is 0 Å². The summed E-state index contributed by atoms with van der Waals surface area (Å²) in [5, 5.41) is 31.4. The summed E-state index contributed by atoms with van der Waals surface area (Å²) in [6, 6.07) is 11.6. The molecule has 1 heterocycles. The molecule has 0 fully saturated rings. The molecule has 152 valence electrons. The average Bonchev–Trinajstić information content (AvgIpc) is 2.74. The van der Waals surface area contributed by atoms with Gasteiger partial charge in [0.05, 0.1) is 12.7 Å². The molecule has 2 aromatic carbocycles. The van der Waals surface area contributed by atoms with Crippen molar-refractivity contribution in [2.24, 2.45) is 0 Å². The summed E-state index contributed by atoms with van der Waals surface area (Å²) in [5.74, 6) is 0.289. The topological polar surface area (TPSA) is 69.9 Å². The van der Waals surface area contributed by atoms with Crippen LogP contribution in [0.3, 0.4) is 0 Å². The summed E-state index contributed by atoms with van der Waals surface area (Å²) in [7, 11) is -0.810. The van der Waals surface area contributed by atoms with Gasteiger partial charge in [0, 0.05) is 11.7 Å². The molecule has 0 saturated carbocycles. The van der Waals surface area contributed by atoms with Crippen molar-refractivity contribution >= 4 is 24.0 Å². The molecule has 0 saturated heterocycles. The normalized spacial score (nSPS) is 17.5. The van der Waals surface area contributed by atoms with Gasteiger partial charge in [-0.25, -0.2) is 0 Å². The first-order valence-corrected chi connectivity index (χ1v) is 10.3. The van der Waals surface area contributed by atoms with E-state index in [9.17, 15) is 15.2 Å². The van der Waals surface area contributed by atoms with Crippen molar-refractivity contribution in [2.75, 3.05) is 6.61 Å². The van der Waals surface area contributed by atoms with Crippen molar-refractivity contribution in [1.82, 2.24) is 0 Å². The fourth-order valence-electron chi connectivity index (χ4n) is 3.92. The molecular formula is C24H29BO4. The highest BCUT2D eigenvalue weighted by atomic mass is 16.5. The monoisotopic (exact) mass is 392 g/mol. The van der Waals surface area contributed by atoms with E-state index in [1.165, 1.54) is 5.57 Å². The van der Waals surface area contributed by atoms with Crippen LogP contribution in [0.2, 0.25) is 6.32 Å². The molecule has 0 amide bonds. The Morgan fingerprint density at radius 3 is 2.69 bits per heavy atom. The number of phenols is 1. The van der Waals surface area contributed by atoms with E-state index in [0.29, 0.717) is 18.3 Å². The van der Waals surface area contributed by atoms with Gasteiger partial charge in [-0.1, -0.05) is 68.0 Å². The minimum Gasteiger partial charge on any atom is -0.507 e. The number of rotatable bonds is 8. The SMILES string of the molecule is C=C(CO)C1=CCB(O)OC1CC/C(=C/c1ccc(O)c2ccccc12)CCC. The Bertz CT molecular complexity index is 932. The summed E-state index contributed by atoms with van der Waals surface area (Å²) in [5.41, 5.74) is 3.92. The molecular weight excluding hydrogens is 363 g/mol. The lowest BCUT2D eigenvalue weighted by Gasteiger charge is -2.28. The number of aliphatic hydroxyl groups is 1. The Labute approximate surface area is 173 Å². The van der Waals surface area contributed by atoms with Crippen molar-refractivity contribution in [2.45, 2.75) is 45.0 Å². The van der Waals surface area contributed by atoms with Crippen molar-refractivity contribution < 1.29 is 19.9 Å². The number of aromatic hydroxyl groups is 1. The molecule has 0 bridgehead atoms. The lowest BCUT2D eigenvalue weighted by atomic mass is 9.78. The standard InChI is InChI=1S/C24H29BO4/c1-3-6-18(9-12-24-20(17(2)16-26)13-14-25(28)29-24)15-19-10-11-23(27)22-8-5-4-7-21(19)22/h4-5,7-8,10-11,13,15,24,26-28H,2-3,6,9,12,14,16H2,1H3/b18-15+. The number of fused-ring (bicyclic) bond motifs is 1. The lowest BCUT2D eigenvalue weighted by molar-refractivity contribution is 0.180. The Morgan fingerprint density at radius 2 is 1.97 bits per heavy atom. The number of aliphatic hydroxyl groups excluding tert-OH is 1. The first-order valence-electron chi connectivity index (χ1n) is 10.3. The van der Waals surface area contributed by atoms with E-state index in [0.717, 1.165) is 41.2 Å². The quantitative estimate of drug-likeness (QED) is 0.561. The number of allylic oxidation sites excluding steroid dienone is 2. The highest BCUT2D eigenvalue weighted by molar-refractivity contribution is 6.43. The van der Waals surface area contributed by atoms with Gasteiger partial charge in [0.25, 0.3) is 0 Å². The first kappa shape index (κ1) is 21.4. The van der Waals surface area contributed by atoms with E-state index in [-0.39, 0.29) is 18.5 Å². The van der Waals surface area contributed by atoms with Gasteiger partial charge >= 0.3 is 7.12 Å². The van der Waals surface area contributed by atoms with Crippen LogP contribution < -0.4 is 0 Å². The molecule has 1 aliphatic heterocycles. The third-order valence-electron chi connectivity index (χ3n) is 5.40. The zero-order valence-corrected chi connectivity index (χ0v) is 17.0. The van der Waals surface area contributed by atoms with Crippen LogP contribution in [0.15, 0.2) is 65.8 Å². The van der Waals surface area contributed by atoms with Gasteiger partial charge < -0.3 is 19.9 Å². The summed E-state index contributed by atoms with van der Waals surface area (Å²) in [4.78, 5) is 0. The molecule has 0 radical (unpaired) electrons. The summed E-state index contributed by atoms with van der Waals surface area (Å²) in [6.45, 7) is 5.97. The predicted octanol–water partition coefficient (Wildman–Crippen LogP) is 4.86.